The van der Waals surface area contributed by atoms with Gasteiger partial charge >= 0.3 is 0 Å². The van der Waals surface area contributed by atoms with Crippen LogP contribution in [0, 0.1) is 19.8 Å². The van der Waals surface area contributed by atoms with Gasteiger partial charge in [-0.05, 0) is 43.0 Å². The van der Waals surface area contributed by atoms with E-state index in [2.05, 4.69) is 0 Å². The third-order valence-electron chi connectivity index (χ3n) is 3.66. The predicted molar refractivity (Wildman–Crippen MR) is 92.7 cm³/mol. The third kappa shape index (κ3) is 3.51. The van der Waals surface area contributed by atoms with Gasteiger partial charge in [-0.25, -0.2) is 0 Å². The highest BCUT2D eigenvalue weighted by molar-refractivity contribution is 7.53. The molecule has 1 radical (unpaired) electrons. The molecular weight excluding hydrogens is 291 g/mol. The van der Waals surface area contributed by atoms with Crippen LogP contribution in [0.1, 0.15) is 40.9 Å². The Labute approximate surface area is 133 Å². The third-order valence-corrected chi connectivity index (χ3v) is 5.65. The second-order valence-corrected chi connectivity index (χ2v) is 7.67. The maximum Gasteiger partial charge on any atom is 0.194 e. The lowest BCUT2D eigenvalue weighted by molar-refractivity contribution is 0.103. The first-order chi connectivity index (χ1) is 10.4. The molecule has 0 saturated carbocycles. The van der Waals surface area contributed by atoms with Crippen LogP contribution in [-0.2, 0) is 4.57 Å². The summed E-state index contributed by atoms with van der Waals surface area (Å²) in [5.41, 5.74) is 3.21. The molecule has 0 aromatic heterocycles. The number of hydrogen-bond donors (Lipinski definition) is 0. The van der Waals surface area contributed by atoms with E-state index in [1.165, 1.54) is 0 Å². The molecule has 0 saturated heterocycles. The quantitative estimate of drug-likeness (QED) is 0.595. The van der Waals surface area contributed by atoms with E-state index in [4.69, 9.17) is 0 Å². The van der Waals surface area contributed by atoms with Gasteiger partial charge in [0.05, 0.1) is 0 Å². The van der Waals surface area contributed by atoms with Crippen molar-refractivity contribution >= 4 is 18.9 Å². The van der Waals surface area contributed by atoms with Gasteiger partial charge in [-0.15, -0.1) is 0 Å². The van der Waals surface area contributed by atoms with Gasteiger partial charge in [-0.3, -0.25) is 9.36 Å². The summed E-state index contributed by atoms with van der Waals surface area (Å²) in [4.78, 5) is 13.0. The molecule has 0 fully saturated rings. The fourth-order valence-electron chi connectivity index (χ4n) is 2.62. The highest BCUT2D eigenvalue weighted by Crippen LogP contribution is 2.27. The van der Waals surface area contributed by atoms with Gasteiger partial charge in [0, 0.05) is 22.6 Å². The summed E-state index contributed by atoms with van der Waals surface area (Å²) in [5, 5.41) is 0.679. The largest absolute Gasteiger partial charge is 0.289 e. The van der Waals surface area contributed by atoms with Crippen molar-refractivity contribution in [2.45, 2.75) is 27.7 Å². The highest BCUT2D eigenvalue weighted by Gasteiger charge is 2.20. The molecule has 2 aromatic carbocycles. The molecule has 0 spiro atoms. The molecule has 2 aromatic rings. The van der Waals surface area contributed by atoms with Crippen LogP contribution >= 0.6 is 7.80 Å². The van der Waals surface area contributed by atoms with Crippen LogP contribution in [0.25, 0.3) is 0 Å². The van der Waals surface area contributed by atoms with E-state index in [1.54, 1.807) is 6.07 Å². The van der Waals surface area contributed by atoms with Crippen molar-refractivity contribution in [2.75, 3.05) is 6.16 Å². The van der Waals surface area contributed by atoms with Crippen molar-refractivity contribution in [3.63, 3.8) is 0 Å². The van der Waals surface area contributed by atoms with E-state index in [-0.39, 0.29) is 5.78 Å². The lowest BCUT2D eigenvalue weighted by atomic mass is 9.95. The van der Waals surface area contributed by atoms with Crippen molar-refractivity contribution < 1.29 is 9.36 Å². The van der Waals surface area contributed by atoms with Crippen LogP contribution in [0.5, 0.6) is 0 Å². The molecule has 2 rings (SSSR count). The Morgan fingerprint density at radius 3 is 2.18 bits per heavy atom. The van der Waals surface area contributed by atoms with Gasteiger partial charge < -0.3 is 0 Å². The second-order valence-electron chi connectivity index (χ2n) is 6.07. The fraction of sp³-hybridized carbons (Fsp3) is 0.316. The van der Waals surface area contributed by atoms with Crippen LogP contribution < -0.4 is 5.30 Å². The monoisotopic (exact) mass is 313 g/mol. The summed E-state index contributed by atoms with van der Waals surface area (Å²) >= 11 is 0. The molecule has 1 atom stereocenters. The first kappa shape index (κ1) is 16.6. The molecule has 0 amide bonds. The molecular formula is C19H22O2P. The van der Waals surface area contributed by atoms with Crippen molar-refractivity contribution in [1.29, 1.82) is 0 Å². The average molecular weight is 313 g/mol. The zero-order valence-corrected chi connectivity index (χ0v) is 14.5. The first-order valence-corrected chi connectivity index (χ1v) is 9.01. The Kier molecular flexibility index (Phi) is 5.26. The Bertz CT molecular complexity index is 697. The lowest BCUT2D eigenvalue weighted by Crippen LogP contribution is -2.16. The zero-order valence-electron chi connectivity index (χ0n) is 13.6. The molecule has 0 aliphatic rings. The van der Waals surface area contributed by atoms with E-state index < -0.39 is 7.80 Å². The van der Waals surface area contributed by atoms with E-state index in [9.17, 15) is 9.36 Å². The SMILES string of the molecule is Cc1cccc(C)c1C(=O)c1ccccc1[P](=O)CC(C)C. The average Bonchev–Trinajstić information content (AvgIpc) is 2.46. The maximum absolute atomic E-state index is 13.0. The fourth-order valence-corrected chi connectivity index (χ4v) is 4.18. The molecule has 115 valence electrons. The van der Waals surface area contributed by atoms with Crippen LogP contribution in [0.4, 0.5) is 0 Å². The zero-order chi connectivity index (χ0) is 16.3. The van der Waals surface area contributed by atoms with Crippen LogP contribution in [0.3, 0.4) is 0 Å². The smallest absolute Gasteiger partial charge is 0.194 e. The van der Waals surface area contributed by atoms with Gasteiger partial charge in [-0.2, -0.15) is 0 Å². The lowest BCUT2D eigenvalue weighted by Gasteiger charge is -2.12. The number of carbonyl (C=O) groups excluding carboxylic acids is 1. The summed E-state index contributed by atoms with van der Waals surface area (Å²) in [6.07, 6.45) is 0.604. The van der Waals surface area contributed by atoms with Crippen molar-refractivity contribution in [1.82, 2.24) is 0 Å². The minimum atomic E-state index is -1.55. The van der Waals surface area contributed by atoms with Gasteiger partial charge in [0.15, 0.2) is 5.78 Å². The standard InChI is InChI=1S/C19H22O2P/c1-13(2)12-22(21)17-11-6-5-10-16(17)19(20)18-14(3)8-7-9-15(18)4/h5-11,13H,12H2,1-4H3. The Morgan fingerprint density at radius 1 is 1.00 bits per heavy atom. The number of hydrogen-bond acceptors (Lipinski definition) is 2. The van der Waals surface area contributed by atoms with Gasteiger partial charge in [0.1, 0.15) is 7.80 Å². The van der Waals surface area contributed by atoms with Crippen molar-refractivity contribution in [3.8, 4) is 0 Å². The van der Waals surface area contributed by atoms with E-state index in [1.807, 2.05) is 64.1 Å². The van der Waals surface area contributed by atoms with Crippen molar-refractivity contribution in [2.24, 2.45) is 5.92 Å². The van der Waals surface area contributed by atoms with E-state index in [0.717, 1.165) is 16.7 Å². The molecule has 0 aliphatic carbocycles. The number of aryl methyl sites for hydroxylation is 2. The van der Waals surface area contributed by atoms with E-state index >= 15 is 0 Å². The molecule has 0 N–H and O–H groups in total. The van der Waals surface area contributed by atoms with Crippen LogP contribution in [0.15, 0.2) is 42.5 Å². The highest BCUT2D eigenvalue weighted by atomic mass is 31.1. The molecule has 3 heteroatoms. The first-order valence-electron chi connectivity index (χ1n) is 7.56. The van der Waals surface area contributed by atoms with Crippen LogP contribution in [-0.4, -0.2) is 11.9 Å². The molecule has 22 heavy (non-hydrogen) atoms. The van der Waals surface area contributed by atoms with Crippen LogP contribution in [0.2, 0.25) is 0 Å². The van der Waals surface area contributed by atoms with Gasteiger partial charge in [-0.1, -0.05) is 44.2 Å². The number of benzene rings is 2. The number of carbonyl (C=O) groups is 1. The maximum atomic E-state index is 13.0. The Hall–Kier alpha value is -1.79. The van der Waals surface area contributed by atoms with Gasteiger partial charge in [0.2, 0.25) is 0 Å². The normalized spacial score (nSPS) is 11.6. The molecule has 0 bridgehead atoms. The Balaban J connectivity index is 2.49. The predicted octanol–water partition coefficient (Wildman–Crippen LogP) is 4.64. The molecule has 2 nitrogen and oxygen atoms in total. The molecule has 0 aliphatic heterocycles. The van der Waals surface area contributed by atoms with Gasteiger partial charge in [0.25, 0.3) is 0 Å². The summed E-state index contributed by atoms with van der Waals surface area (Å²) in [5.74, 6) is 0.310. The second kappa shape index (κ2) is 6.98. The summed E-state index contributed by atoms with van der Waals surface area (Å²) in [7, 11) is -1.55. The minimum Gasteiger partial charge on any atom is -0.289 e. The van der Waals surface area contributed by atoms with Crippen molar-refractivity contribution in [3.05, 3.63) is 64.7 Å². The summed E-state index contributed by atoms with van der Waals surface area (Å²) < 4.78 is 12.6. The summed E-state index contributed by atoms with van der Waals surface area (Å²) in [6, 6.07) is 13.1. The molecule has 1 unspecified atom stereocenters. The summed E-state index contributed by atoms with van der Waals surface area (Å²) in [6.45, 7) is 7.97. The topological polar surface area (TPSA) is 34.1 Å². The minimum absolute atomic E-state index is 0.0293. The number of rotatable bonds is 5. The van der Waals surface area contributed by atoms with E-state index in [0.29, 0.717) is 22.9 Å². The molecule has 0 heterocycles. The Morgan fingerprint density at radius 2 is 1.59 bits per heavy atom. The number of ketones is 1.